The van der Waals surface area contributed by atoms with E-state index in [2.05, 4.69) is 4.90 Å². The Balaban J connectivity index is 1.56. The number of aliphatic hydroxyl groups is 1. The number of nitrogens with zero attached hydrogens (tertiary/aromatic N) is 1. The van der Waals surface area contributed by atoms with Crippen LogP contribution in [0.3, 0.4) is 0 Å². The summed E-state index contributed by atoms with van der Waals surface area (Å²) in [6.45, 7) is 0.754. The van der Waals surface area contributed by atoms with Gasteiger partial charge in [0.25, 0.3) is 0 Å². The topological polar surface area (TPSA) is 66.8 Å². The molecule has 0 radical (unpaired) electrons. The third kappa shape index (κ3) is 1.88. The number of carbonyl (C=O) groups is 2. The fourth-order valence-electron chi connectivity index (χ4n) is 5.95. The molecule has 5 heteroatoms. The van der Waals surface area contributed by atoms with Crippen LogP contribution in [0.2, 0.25) is 0 Å². The molecule has 5 rings (SSSR count). The van der Waals surface area contributed by atoms with Crippen LogP contribution in [0.25, 0.3) is 0 Å². The average Bonchev–Trinajstić information content (AvgIpc) is 3.01. The van der Waals surface area contributed by atoms with E-state index in [1.807, 2.05) is 6.08 Å². The van der Waals surface area contributed by atoms with E-state index in [1.165, 1.54) is 5.57 Å². The molecule has 24 heavy (non-hydrogen) atoms. The van der Waals surface area contributed by atoms with E-state index in [0.717, 1.165) is 45.1 Å². The summed E-state index contributed by atoms with van der Waals surface area (Å²) in [4.78, 5) is 27.7. The molecule has 0 aromatic rings. The fourth-order valence-corrected chi connectivity index (χ4v) is 5.95. The molecule has 0 unspecified atom stereocenters. The minimum Gasteiger partial charge on any atom is -0.459 e. The largest absolute Gasteiger partial charge is 0.459 e. The van der Waals surface area contributed by atoms with Crippen LogP contribution in [0, 0.1) is 17.8 Å². The van der Waals surface area contributed by atoms with Gasteiger partial charge in [0.1, 0.15) is 11.6 Å². The number of ketones is 1. The Bertz CT molecular complexity index is 617. The van der Waals surface area contributed by atoms with Gasteiger partial charge in [-0.15, -0.1) is 0 Å². The lowest BCUT2D eigenvalue weighted by atomic mass is 9.78. The van der Waals surface area contributed by atoms with Crippen molar-refractivity contribution in [3.8, 4) is 0 Å². The van der Waals surface area contributed by atoms with Gasteiger partial charge in [0.15, 0.2) is 5.78 Å². The van der Waals surface area contributed by atoms with Crippen molar-refractivity contribution >= 4 is 11.8 Å². The highest BCUT2D eigenvalue weighted by Crippen LogP contribution is 2.56. The summed E-state index contributed by atoms with van der Waals surface area (Å²) < 4.78 is 5.89. The zero-order valence-electron chi connectivity index (χ0n) is 13.9. The minimum absolute atomic E-state index is 0.0170. The smallest absolute Gasteiger partial charge is 0.326 e. The average molecular weight is 331 g/mol. The maximum Gasteiger partial charge on any atom is 0.326 e. The minimum atomic E-state index is -0.473. The highest BCUT2D eigenvalue weighted by atomic mass is 16.6. The van der Waals surface area contributed by atoms with E-state index in [1.54, 1.807) is 0 Å². The number of rotatable bonds is 3. The van der Waals surface area contributed by atoms with E-state index in [-0.39, 0.29) is 42.3 Å². The standard InChI is InChI=1S/C19H25NO4/c21-8-5-14-17-16-12(9-13(22)15(16)11-3-4-11)10-20(17)19(18(23)24-14)6-1-2-7-19/h9,11,14-17,21H,1-8,10H2/t14-,15-,16-,17-/m0/s1. The number of fused-ring (bicyclic) bond motifs is 4. The summed E-state index contributed by atoms with van der Waals surface area (Å²) in [7, 11) is 0. The molecule has 5 aliphatic rings. The molecule has 5 nitrogen and oxygen atoms in total. The molecule has 1 spiro atoms. The summed E-state index contributed by atoms with van der Waals surface area (Å²) in [5, 5.41) is 9.47. The van der Waals surface area contributed by atoms with Crippen molar-refractivity contribution in [3.05, 3.63) is 11.6 Å². The molecule has 0 aromatic carbocycles. The van der Waals surface area contributed by atoms with Crippen LogP contribution in [-0.4, -0.2) is 52.6 Å². The van der Waals surface area contributed by atoms with Gasteiger partial charge in [-0.25, -0.2) is 0 Å². The quantitative estimate of drug-likeness (QED) is 0.793. The van der Waals surface area contributed by atoms with Crippen molar-refractivity contribution < 1.29 is 19.4 Å². The summed E-state index contributed by atoms with van der Waals surface area (Å²) in [6, 6.07) is 0.0799. The van der Waals surface area contributed by atoms with Crippen molar-refractivity contribution in [2.45, 2.75) is 62.6 Å². The second kappa shape index (κ2) is 5.15. The monoisotopic (exact) mass is 331 g/mol. The summed E-state index contributed by atoms with van der Waals surface area (Å²) in [5.41, 5.74) is 0.744. The first-order valence-electron chi connectivity index (χ1n) is 9.49. The Labute approximate surface area is 142 Å². The molecule has 4 atom stereocenters. The highest BCUT2D eigenvalue weighted by Gasteiger charge is 2.64. The first kappa shape index (κ1) is 15.1. The molecule has 1 N–H and O–H groups in total. The van der Waals surface area contributed by atoms with E-state index in [4.69, 9.17) is 4.74 Å². The van der Waals surface area contributed by atoms with Crippen molar-refractivity contribution in [1.82, 2.24) is 4.90 Å². The molecule has 0 aromatic heterocycles. The van der Waals surface area contributed by atoms with Crippen molar-refractivity contribution in [2.75, 3.05) is 13.2 Å². The number of carbonyl (C=O) groups excluding carboxylic acids is 2. The Morgan fingerprint density at radius 2 is 1.96 bits per heavy atom. The number of morpholine rings is 1. The number of cyclic esters (lactones) is 1. The van der Waals surface area contributed by atoms with Gasteiger partial charge >= 0.3 is 5.97 Å². The molecule has 2 saturated heterocycles. The number of ether oxygens (including phenoxy) is 1. The maximum absolute atomic E-state index is 12.8. The Hall–Kier alpha value is -1.20. The Morgan fingerprint density at radius 1 is 1.21 bits per heavy atom. The van der Waals surface area contributed by atoms with Gasteiger partial charge in [0.2, 0.25) is 0 Å². The molecule has 3 aliphatic carbocycles. The second-order valence-electron chi connectivity index (χ2n) is 8.32. The fraction of sp³-hybridized carbons (Fsp3) is 0.789. The predicted octanol–water partition coefficient (Wildman–Crippen LogP) is 1.44. The molecule has 0 amide bonds. The lowest BCUT2D eigenvalue weighted by Crippen LogP contribution is -2.65. The molecule has 2 heterocycles. The normalized spacial score (nSPS) is 40.6. The number of hydrogen-bond acceptors (Lipinski definition) is 5. The maximum atomic E-state index is 12.8. The summed E-state index contributed by atoms with van der Waals surface area (Å²) in [5.74, 6) is 1.00. The Kier molecular flexibility index (Phi) is 3.24. The SMILES string of the molecule is O=C1C=C2CN3[C@H]([C@@H]2[C@H]1C1CC1)[C@H](CCO)OC(=O)C31CCCC1. The van der Waals surface area contributed by atoms with Crippen LogP contribution in [0.1, 0.15) is 44.9 Å². The van der Waals surface area contributed by atoms with Crippen LogP contribution >= 0.6 is 0 Å². The number of aliphatic hydroxyl groups excluding tert-OH is 1. The second-order valence-corrected chi connectivity index (χ2v) is 8.32. The number of esters is 1. The number of hydrogen-bond donors (Lipinski definition) is 1. The van der Waals surface area contributed by atoms with Gasteiger partial charge in [-0.05, 0) is 43.3 Å². The van der Waals surface area contributed by atoms with Gasteiger partial charge in [0.05, 0.1) is 6.04 Å². The van der Waals surface area contributed by atoms with Crippen LogP contribution in [0.15, 0.2) is 11.6 Å². The third-order valence-electron chi connectivity index (χ3n) is 7.10. The predicted molar refractivity (Wildman–Crippen MR) is 86.1 cm³/mol. The van der Waals surface area contributed by atoms with Crippen molar-refractivity contribution in [1.29, 1.82) is 0 Å². The van der Waals surface area contributed by atoms with Crippen molar-refractivity contribution in [2.24, 2.45) is 17.8 Å². The van der Waals surface area contributed by atoms with E-state index >= 15 is 0 Å². The zero-order chi connectivity index (χ0) is 16.5. The zero-order valence-corrected chi connectivity index (χ0v) is 13.9. The molecule has 2 saturated carbocycles. The lowest BCUT2D eigenvalue weighted by Gasteiger charge is -2.49. The number of allylic oxidation sites excluding steroid dienone is 1. The molecular weight excluding hydrogens is 306 g/mol. The Morgan fingerprint density at radius 3 is 2.62 bits per heavy atom. The molecule has 130 valence electrons. The van der Waals surface area contributed by atoms with Crippen LogP contribution < -0.4 is 0 Å². The van der Waals surface area contributed by atoms with E-state index < -0.39 is 5.54 Å². The molecular formula is C19H25NO4. The van der Waals surface area contributed by atoms with Crippen molar-refractivity contribution in [3.63, 3.8) is 0 Å². The first-order valence-corrected chi connectivity index (χ1v) is 9.49. The third-order valence-corrected chi connectivity index (χ3v) is 7.10. The van der Waals surface area contributed by atoms with Gasteiger partial charge < -0.3 is 9.84 Å². The van der Waals surface area contributed by atoms with Crippen LogP contribution in [0.4, 0.5) is 0 Å². The summed E-state index contributed by atoms with van der Waals surface area (Å²) >= 11 is 0. The van der Waals surface area contributed by atoms with Gasteiger partial charge in [0, 0.05) is 31.4 Å². The van der Waals surface area contributed by atoms with Gasteiger partial charge in [-0.1, -0.05) is 12.8 Å². The van der Waals surface area contributed by atoms with Gasteiger partial charge in [-0.2, -0.15) is 0 Å². The molecule has 4 fully saturated rings. The first-order chi connectivity index (χ1) is 11.7. The molecule has 0 bridgehead atoms. The van der Waals surface area contributed by atoms with Crippen LogP contribution in [-0.2, 0) is 14.3 Å². The molecule has 2 aliphatic heterocycles. The summed E-state index contributed by atoms with van der Waals surface area (Å²) in [6.07, 6.45) is 8.24. The highest BCUT2D eigenvalue weighted by molar-refractivity contribution is 5.97. The van der Waals surface area contributed by atoms with Crippen LogP contribution in [0.5, 0.6) is 0 Å². The van der Waals surface area contributed by atoms with E-state index in [9.17, 15) is 14.7 Å². The lowest BCUT2D eigenvalue weighted by molar-refractivity contribution is -0.188. The van der Waals surface area contributed by atoms with Gasteiger partial charge in [-0.3, -0.25) is 14.5 Å². The van der Waals surface area contributed by atoms with E-state index in [0.29, 0.717) is 12.3 Å².